The summed E-state index contributed by atoms with van der Waals surface area (Å²) in [5, 5.41) is 3.24. The lowest BCUT2D eigenvalue weighted by molar-refractivity contribution is 0.605. The van der Waals surface area contributed by atoms with Gasteiger partial charge < -0.3 is 11.1 Å². The van der Waals surface area contributed by atoms with E-state index in [1.54, 1.807) is 12.1 Å². The van der Waals surface area contributed by atoms with Gasteiger partial charge >= 0.3 is 0 Å². The highest BCUT2D eigenvalue weighted by atomic mass is 19.1. The fraction of sp³-hybridized carbons (Fsp3) is 0.200. The lowest BCUT2D eigenvalue weighted by atomic mass is 10.2. The van der Waals surface area contributed by atoms with E-state index in [1.165, 1.54) is 6.07 Å². The molecule has 0 bridgehead atoms. The van der Waals surface area contributed by atoms with Gasteiger partial charge in [0, 0.05) is 12.1 Å². The molecule has 0 aliphatic rings. The first-order chi connectivity index (χ1) is 12.7. The molecule has 0 fully saturated rings. The molecule has 26 heavy (non-hydrogen) atoms. The Labute approximate surface area is 151 Å². The van der Waals surface area contributed by atoms with Gasteiger partial charge in [0.15, 0.2) is 5.82 Å². The second-order valence-corrected chi connectivity index (χ2v) is 5.42. The summed E-state index contributed by atoms with van der Waals surface area (Å²) in [5.41, 5.74) is 9.56. The van der Waals surface area contributed by atoms with Crippen LogP contribution < -0.4 is 11.1 Å². The molecule has 3 aromatic rings. The summed E-state index contributed by atoms with van der Waals surface area (Å²) in [7, 11) is 0.500. The lowest BCUT2D eigenvalue weighted by Gasteiger charge is -2.13. The molecule has 0 saturated carbocycles. The molecular formula is C20H22F2N4. The highest BCUT2D eigenvalue weighted by Crippen LogP contribution is 2.21. The maximum atomic E-state index is 13.8. The lowest BCUT2D eigenvalue weighted by Crippen LogP contribution is -2.16. The van der Waals surface area contributed by atoms with E-state index in [0.717, 1.165) is 23.2 Å². The van der Waals surface area contributed by atoms with Gasteiger partial charge in [0.05, 0.1) is 23.9 Å². The third-order valence-electron chi connectivity index (χ3n) is 3.69. The van der Waals surface area contributed by atoms with Gasteiger partial charge in [-0.15, -0.1) is 0 Å². The molecule has 3 rings (SSSR count). The molecule has 3 N–H and O–H groups in total. The van der Waals surface area contributed by atoms with Crippen LogP contribution in [-0.2, 0) is 6.54 Å². The fourth-order valence-corrected chi connectivity index (χ4v) is 2.50. The molecule has 2 aromatic carbocycles. The molecular weight excluding hydrogens is 334 g/mol. The Hall–Kier alpha value is -3.02. The Morgan fingerprint density at radius 2 is 1.65 bits per heavy atom. The van der Waals surface area contributed by atoms with Gasteiger partial charge in [-0.3, -0.25) is 4.39 Å². The molecule has 1 heterocycles. The topological polar surface area (TPSA) is 63.8 Å². The summed E-state index contributed by atoms with van der Waals surface area (Å²) in [6.07, 6.45) is 2.78. The van der Waals surface area contributed by atoms with Gasteiger partial charge in [-0.05, 0) is 24.6 Å². The van der Waals surface area contributed by atoms with E-state index >= 15 is 0 Å². The van der Waals surface area contributed by atoms with E-state index < -0.39 is 0 Å². The van der Waals surface area contributed by atoms with Crippen LogP contribution in [0.15, 0.2) is 54.6 Å². The van der Waals surface area contributed by atoms with E-state index in [1.807, 2.05) is 43.3 Å². The van der Waals surface area contributed by atoms with Crippen molar-refractivity contribution in [3.8, 4) is 0 Å². The second kappa shape index (κ2) is 9.46. The van der Waals surface area contributed by atoms with Crippen molar-refractivity contribution in [1.82, 2.24) is 15.3 Å². The van der Waals surface area contributed by atoms with Crippen molar-refractivity contribution in [1.29, 1.82) is 0 Å². The third kappa shape index (κ3) is 4.53. The van der Waals surface area contributed by atoms with Crippen LogP contribution in [0.4, 0.5) is 14.6 Å². The summed E-state index contributed by atoms with van der Waals surface area (Å²) < 4.78 is 23.3. The fourth-order valence-electron chi connectivity index (χ4n) is 2.50. The predicted molar refractivity (Wildman–Crippen MR) is 102 cm³/mol. The number of nitrogen functional groups attached to an aromatic ring is 1. The van der Waals surface area contributed by atoms with Crippen LogP contribution in [0.3, 0.4) is 0 Å². The van der Waals surface area contributed by atoms with Crippen molar-refractivity contribution in [3.63, 3.8) is 0 Å². The minimum absolute atomic E-state index is 0.238. The van der Waals surface area contributed by atoms with Crippen LogP contribution in [0, 0.1) is 5.82 Å². The summed E-state index contributed by atoms with van der Waals surface area (Å²) in [5.74, 6) is 0.118. The number of nitrogens with one attached hydrogen (secondary N) is 1. The molecule has 136 valence electrons. The van der Waals surface area contributed by atoms with Crippen LogP contribution >= 0.6 is 0 Å². The first kappa shape index (κ1) is 19.3. The molecule has 0 radical (unpaired) electrons. The molecule has 0 saturated heterocycles. The van der Waals surface area contributed by atoms with Crippen LogP contribution in [0.5, 0.6) is 0 Å². The Kier molecular flexibility index (Phi) is 7.02. The van der Waals surface area contributed by atoms with Gasteiger partial charge in [0.2, 0.25) is 0 Å². The Morgan fingerprint density at radius 1 is 1.04 bits per heavy atom. The summed E-state index contributed by atoms with van der Waals surface area (Å²) >= 11 is 0. The smallest absolute Gasteiger partial charge is 0.152 e. The second-order valence-electron chi connectivity index (χ2n) is 5.42. The number of aromatic nitrogens is 2. The Bertz CT molecular complexity index is 894. The molecule has 0 atom stereocenters. The number of para-hydroxylation sites is 2. The molecule has 4 nitrogen and oxygen atoms in total. The maximum Gasteiger partial charge on any atom is 0.152 e. The number of anilines is 1. The highest BCUT2D eigenvalue weighted by molar-refractivity contribution is 5.80. The van der Waals surface area contributed by atoms with Crippen molar-refractivity contribution in [2.24, 2.45) is 0 Å². The number of hydrogen-bond donors (Lipinski definition) is 2. The number of allylic oxidation sites excluding steroid dienone is 1. The largest absolute Gasteiger partial charge is 0.382 e. The van der Waals surface area contributed by atoms with Gasteiger partial charge in [-0.25, -0.2) is 14.4 Å². The number of halogens is 2. The van der Waals surface area contributed by atoms with Gasteiger partial charge in [0.25, 0.3) is 0 Å². The predicted octanol–water partition coefficient (Wildman–Crippen LogP) is 4.48. The van der Waals surface area contributed by atoms with E-state index in [4.69, 9.17) is 5.73 Å². The Morgan fingerprint density at radius 3 is 2.31 bits per heavy atom. The van der Waals surface area contributed by atoms with Crippen LogP contribution in [0.1, 0.15) is 24.6 Å². The van der Waals surface area contributed by atoms with E-state index in [9.17, 15) is 8.78 Å². The molecule has 0 spiro atoms. The molecule has 0 unspecified atom stereocenters. The number of nitrogens with two attached hydrogens (primary N) is 1. The zero-order chi connectivity index (χ0) is 18.9. The summed E-state index contributed by atoms with van der Waals surface area (Å²) in [4.78, 5) is 9.03. The van der Waals surface area contributed by atoms with Crippen LogP contribution in [-0.4, -0.2) is 17.1 Å². The number of alkyl halides is 1. The van der Waals surface area contributed by atoms with Crippen molar-refractivity contribution >= 4 is 22.5 Å². The summed E-state index contributed by atoms with van der Waals surface area (Å²) in [6.45, 7) is 2.38. The standard InChI is InChI=1S/C19H19FN4.CH3F/c1-2-7-17(22-12-13-8-3-4-9-14(13)20)18-19(21)24-16-11-6-5-10-15(16)23-18;1-2/h3-11,22H,2,12H2,1H3,(H2,21,24);1H3/b17-7+;. The van der Waals surface area contributed by atoms with Crippen molar-refractivity contribution in [3.05, 3.63) is 71.7 Å². The third-order valence-corrected chi connectivity index (χ3v) is 3.69. The number of benzene rings is 2. The number of rotatable bonds is 5. The van der Waals surface area contributed by atoms with Gasteiger partial charge in [-0.1, -0.05) is 43.3 Å². The number of fused-ring (bicyclic) bond motifs is 1. The van der Waals surface area contributed by atoms with Crippen LogP contribution in [0.2, 0.25) is 0 Å². The molecule has 0 aliphatic heterocycles. The highest BCUT2D eigenvalue weighted by Gasteiger charge is 2.11. The van der Waals surface area contributed by atoms with E-state index in [2.05, 4.69) is 15.3 Å². The zero-order valence-electron chi connectivity index (χ0n) is 14.8. The Balaban J connectivity index is 0.00000117. The first-order valence-electron chi connectivity index (χ1n) is 8.27. The molecule has 0 amide bonds. The van der Waals surface area contributed by atoms with E-state index in [-0.39, 0.29) is 5.82 Å². The average Bonchev–Trinajstić information content (AvgIpc) is 2.67. The van der Waals surface area contributed by atoms with Crippen LogP contribution in [0.25, 0.3) is 16.7 Å². The average molecular weight is 356 g/mol. The molecule has 1 aromatic heterocycles. The maximum absolute atomic E-state index is 13.8. The SMILES string of the molecule is CC/C=C(/NCc1ccccc1F)c1nc2ccccc2nc1N.CF. The van der Waals surface area contributed by atoms with Gasteiger partial charge in [-0.2, -0.15) is 0 Å². The van der Waals surface area contributed by atoms with Crippen molar-refractivity contribution < 1.29 is 8.78 Å². The minimum atomic E-state index is -0.238. The van der Waals surface area contributed by atoms with Crippen molar-refractivity contribution in [2.45, 2.75) is 19.9 Å². The van der Waals surface area contributed by atoms with E-state index in [0.29, 0.717) is 30.8 Å². The number of hydrogen-bond acceptors (Lipinski definition) is 4. The molecule has 6 heteroatoms. The molecule has 0 aliphatic carbocycles. The monoisotopic (exact) mass is 356 g/mol. The number of nitrogens with zero attached hydrogens (tertiary/aromatic N) is 2. The van der Waals surface area contributed by atoms with Crippen molar-refractivity contribution in [2.75, 3.05) is 12.9 Å². The summed E-state index contributed by atoms with van der Waals surface area (Å²) in [6, 6.07) is 14.3. The van der Waals surface area contributed by atoms with Gasteiger partial charge in [0.1, 0.15) is 11.5 Å². The normalized spacial score (nSPS) is 11.0. The zero-order valence-corrected chi connectivity index (χ0v) is 14.8. The first-order valence-corrected chi connectivity index (χ1v) is 8.27. The quantitative estimate of drug-likeness (QED) is 0.708. The minimum Gasteiger partial charge on any atom is -0.382 e.